The Bertz CT molecular complexity index is 1220. The number of β-lactam (4-membered cyclic amide) rings is 1. The topological polar surface area (TPSA) is 233 Å². The molecule has 2 aromatic heterocycles. The first kappa shape index (κ1) is 25.0. The van der Waals surface area contributed by atoms with Crippen LogP contribution < -0.4 is 22.5 Å². The van der Waals surface area contributed by atoms with Crippen molar-refractivity contribution in [1.29, 1.82) is 0 Å². The molecule has 1 fully saturated rings. The summed E-state index contributed by atoms with van der Waals surface area (Å²) < 4.78 is 0. The van der Waals surface area contributed by atoms with Gasteiger partial charge in [0.25, 0.3) is 11.8 Å². The van der Waals surface area contributed by atoms with E-state index < -0.39 is 35.2 Å². The number of anilines is 3. The first-order chi connectivity index (χ1) is 16.7. The smallest absolute Gasteiger partial charge is 0.353 e. The van der Waals surface area contributed by atoms with Crippen LogP contribution in [-0.2, 0) is 14.4 Å². The lowest BCUT2D eigenvalue weighted by Crippen LogP contribution is -2.70. The normalized spacial score (nSPS) is 20.1. The van der Waals surface area contributed by atoms with Crippen molar-refractivity contribution >= 4 is 81.2 Å². The lowest BCUT2D eigenvalue weighted by molar-refractivity contribution is -0.150. The highest BCUT2D eigenvalue weighted by Crippen LogP contribution is 2.44. The van der Waals surface area contributed by atoms with Gasteiger partial charge in [-0.25, -0.2) is 19.7 Å². The van der Waals surface area contributed by atoms with Crippen molar-refractivity contribution in [1.82, 2.24) is 25.2 Å². The second-order valence-corrected chi connectivity index (χ2v) is 11.4. The van der Waals surface area contributed by atoms with Crippen molar-refractivity contribution in [2.24, 2.45) is 5.18 Å². The number of hydrogen-bond donors (Lipinski definition) is 5. The van der Waals surface area contributed by atoms with Gasteiger partial charge in [0.15, 0.2) is 10.3 Å². The first-order valence-electron chi connectivity index (χ1n) is 9.60. The van der Waals surface area contributed by atoms with E-state index in [0.717, 1.165) is 16.2 Å². The quantitative estimate of drug-likeness (QED) is 0.0940. The number of amides is 2. The number of nitrogens with one attached hydrogen (secondary N) is 1. The van der Waals surface area contributed by atoms with Crippen LogP contribution in [0.3, 0.4) is 0 Å². The van der Waals surface area contributed by atoms with Crippen LogP contribution in [0, 0.1) is 4.91 Å². The van der Waals surface area contributed by atoms with Gasteiger partial charge in [-0.2, -0.15) is 0 Å². The summed E-state index contributed by atoms with van der Waals surface area (Å²) in [6.07, 6.45) is 0. The van der Waals surface area contributed by atoms with Gasteiger partial charge < -0.3 is 27.6 Å². The first-order valence-corrected chi connectivity index (χ1v) is 13.5. The molecule has 8 N–H and O–H groups in total. The number of nitrogen functional groups attached to an aromatic ring is 3. The molecule has 18 heteroatoms. The molecule has 3 atom stereocenters. The molecule has 3 unspecified atom stereocenters. The molecule has 0 saturated carbocycles. The molecule has 2 amide bonds. The predicted molar refractivity (Wildman–Crippen MR) is 134 cm³/mol. The number of aliphatic carboxylic acids is 1. The lowest BCUT2D eigenvalue weighted by atomic mass is 10.0. The van der Waals surface area contributed by atoms with Crippen LogP contribution in [0.25, 0.3) is 0 Å². The van der Waals surface area contributed by atoms with E-state index in [-0.39, 0.29) is 28.2 Å². The van der Waals surface area contributed by atoms with Crippen LogP contribution in [0.4, 0.5) is 16.8 Å². The molecule has 2 aliphatic rings. The van der Waals surface area contributed by atoms with Gasteiger partial charge >= 0.3 is 5.97 Å². The van der Waals surface area contributed by atoms with Crippen molar-refractivity contribution in [2.75, 3.05) is 28.0 Å². The third-order valence-corrected chi connectivity index (χ3v) is 9.00. The molecule has 2 aromatic rings. The van der Waals surface area contributed by atoms with Crippen LogP contribution in [0.15, 0.2) is 32.4 Å². The number of hydrogen-bond acceptors (Lipinski definition) is 15. The molecule has 0 aromatic carbocycles. The van der Waals surface area contributed by atoms with Gasteiger partial charge in [-0.3, -0.25) is 14.5 Å². The zero-order valence-electron chi connectivity index (χ0n) is 17.5. The number of carboxylic acids is 1. The second-order valence-electron chi connectivity index (χ2n) is 7.00. The summed E-state index contributed by atoms with van der Waals surface area (Å²) in [5.74, 6) is -1.95. The maximum atomic E-state index is 12.8. The van der Waals surface area contributed by atoms with Crippen LogP contribution in [0.2, 0.25) is 0 Å². The molecule has 4 rings (SSSR count). The van der Waals surface area contributed by atoms with Crippen molar-refractivity contribution in [3.63, 3.8) is 0 Å². The Kier molecular flexibility index (Phi) is 7.33. The zero-order chi connectivity index (χ0) is 25.3. The van der Waals surface area contributed by atoms with Crippen LogP contribution in [0.5, 0.6) is 0 Å². The summed E-state index contributed by atoms with van der Waals surface area (Å²) in [7, 11) is 0. The van der Waals surface area contributed by atoms with Crippen LogP contribution >= 0.6 is 46.6 Å². The molecular formula is C17H17N9O5S4. The Hall–Kier alpha value is -3.09. The minimum Gasteiger partial charge on any atom is -0.477 e. The number of carboxylic acid groups (broad SMARTS) is 1. The molecule has 35 heavy (non-hydrogen) atoms. The highest BCUT2D eigenvalue weighted by Gasteiger charge is 2.54. The Morgan fingerprint density at radius 3 is 2.57 bits per heavy atom. The summed E-state index contributed by atoms with van der Waals surface area (Å²) in [6.45, 7) is 0. The summed E-state index contributed by atoms with van der Waals surface area (Å²) in [5, 5.41) is 16.7. The molecule has 2 aliphatic heterocycles. The number of aromatic nitrogens is 3. The van der Waals surface area contributed by atoms with Crippen molar-refractivity contribution in [3.8, 4) is 0 Å². The fraction of sp³-hybridized carbons (Fsp3) is 0.294. The number of thioether (sulfide) groups is 3. The van der Waals surface area contributed by atoms with Crippen molar-refractivity contribution in [2.45, 2.75) is 22.6 Å². The summed E-state index contributed by atoms with van der Waals surface area (Å²) in [5.41, 5.74) is 16.8. The van der Waals surface area contributed by atoms with Gasteiger partial charge in [-0.15, -0.1) is 39.8 Å². The standard InChI is InChI=1S/C17H17N9O5S4/c18-7-1-8(19)23-17(22-7)35-4-34-6-3-32-14-10(13(28)26(14)11(6)15(29)30)24-12(27)9(25-31)5-2-33-16(20)21-5/h1-2,9-10,14H,3-4H2,(H2,20,21)(H,24,27)(H,29,30)(H4,18,19,22,23). The number of nitroso groups, excluding NO2 is 1. The Balaban J connectivity index is 1.43. The van der Waals surface area contributed by atoms with Gasteiger partial charge in [0, 0.05) is 22.1 Å². The minimum absolute atomic E-state index is 0.0770. The number of carbonyl (C=O) groups excluding carboxylic acids is 2. The zero-order valence-corrected chi connectivity index (χ0v) is 20.7. The fourth-order valence-corrected chi connectivity index (χ4v) is 7.48. The molecule has 14 nitrogen and oxygen atoms in total. The number of thiazole rings is 1. The third-order valence-electron chi connectivity index (χ3n) is 4.77. The summed E-state index contributed by atoms with van der Waals surface area (Å²) >= 11 is 4.79. The van der Waals surface area contributed by atoms with E-state index in [2.05, 4.69) is 25.4 Å². The molecule has 0 radical (unpaired) electrons. The van der Waals surface area contributed by atoms with Gasteiger partial charge in [0.2, 0.25) is 6.04 Å². The monoisotopic (exact) mass is 555 g/mol. The van der Waals surface area contributed by atoms with Crippen molar-refractivity contribution in [3.05, 3.63) is 32.6 Å². The molecule has 0 bridgehead atoms. The highest BCUT2D eigenvalue weighted by atomic mass is 32.2. The molecule has 1 saturated heterocycles. The molecule has 184 valence electrons. The van der Waals surface area contributed by atoms with Crippen LogP contribution in [0.1, 0.15) is 11.7 Å². The van der Waals surface area contributed by atoms with Gasteiger partial charge in [-0.05, 0) is 5.18 Å². The highest BCUT2D eigenvalue weighted by molar-refractivity contribution is 8.18. The molecule has 4 heterocycles. The maximum Gasteiger partial charge on any atom is 0.353 e. The molecular weight excluding hydrogens is 539 g/mol. The fourth-order valence-electron chi connectivity index (χ4n) is 3.28. The predicted octanol–water partition coefficient (Wildman–Crippen LogP) is 0.666. The number of fused-ring (bicyclic) bond motifs is 1. The molecule has 0 aliphatic carbocycles. The van der Waals surface area contributed by atoms with E-state index in [0.29, 0.717) is 20.9 Å². The van der Waals surface area contributed by atoms with E-state index in [1.807, 2.05) is 0 Å². The Labute approximate surface area is 213 Å². The van der Waals surface area contributed by atoms with Gasteiger partial charge in [0.1, 0.15) is 28.7 Å². The summed E-state index contributed by atoms with van der Waals surface area (Å²) in [6, 6.07) is -1.06. The SMILES string of the molecule is Nc1cc(N)nc(SCSC2=C(C(=O)O)N3C(=O)C(NC(=O)C(N=O)c4csc(N)n4)C3SC2)n1. The van der Waals surface area contributed by atoms with Gasteiger partial charge in [-0.1, -0.05) is 11.8 Å². The minimum atomic E-state index is -1.47. The van der Waals surface area contributed by atoms with Crippen LogP contribution in [-0.4, -0.2) is 65.0 Å². The average molecular weight is 556 g/mol. The van der Waals surface area contributed by atoms with E-state index in [1.165, 1.54) is 46.7 Å². The number of rotatable bonds is 9. The largest absolute Gasteiger partial charge is 0.477 e. The van der Waals surface area contributed by atoms with E-state index in [4.69, 9.17) is 17.2 Å². The number of nitrogens with zero attached hydrogens (tertiary/aromatic N) is 5. The second kappa shape index (κ2) is 10.3. The lowest BCUT2D eigenvalue weighted by Gasteiger charge is -2.49. The van der Waals surface area contributed by atoms with E-state index in [9.17, 15) is 24.4 Å². The third kappa shape index (κ3) is 5.14. The molecule has 0 spiro atoms. The maximum absolute atomic E-state index is 12.8. The number of carbonyl (C=O) groups is 3. The van der Waals surface area contributed by atoms with Crippen molar-refractivity contribution < 1.29 is 19.5 Å². The summed E-state index contributed by atoms with van der Waals surface area (Å²) in [4.78, 5) is 62.2. The Morgan fingerprint density at radius 2 is 1.97 bits per heavy atom. The average Bonchev–Trinajstić information content (AvgIpc) is 3.22. The number of nitrogens with two attached hydrogens (primary N) is 3. The Morgan fingerprint density at radius 1 is 1.26 bits per heavy atom. The van der Waals surface area contributed by atoms with E-state index >= 15 is 0 Å². The van der Waals surface area contributed by atoms with E-state index in [1.54, 1.807) is 0 Å². The van der Waals surface area contributed by atoms with Gasteiger partial charge in [0.05, 0.1) is 10.8 Å².